The van der Waals surface area contributed by atoms with Gasteiger partial charge in [0.05, 0.1) is 19.3 Å². The van der Waals surface area contributed by atoms with Crippen molar-refractivity contribution in [2.24, 2.45) is 0 Å². The molecular formula is C25H26O8. The molecule has 1 heterocycles. The Morgan fingerprint density at radius 2 is 1.42 bits per heavy atom. The molecule has 8 heteroatoms. The van der Waals surface area contributed by atoms with Gasteiger partial charge in [-0.2, -0.15) is 0 Å². The highest BCUT2D eigenvalue weighted by molar-refractivity contribution is 5.87. The van der Waals surface area contributed by atoms with Crippen molar-refractivity contribution in [3.8, 4) is 39.5 Å². The summed E-state index contributed by atoms with van der Waals surface area (Å²) in [7, 11) is 1.43. The monoisotopic (exact) mass is 454 g/mol. The van der Waals surface area contributed by atoms with Crippen molar-refractivity contribution in [1.29, 1.82) is 0 Å². The SMILES string of the molecule is COc1c(O[C@@H]2O[C@H](CO)[C@@H](O)[C@H](O)[C@H]2O)c(-c2ccccc2)cc(O)c1-c1ccccc1. The van der Waals surface area contributed by atoms with E-state index in [2.05, 4.69) is 0 Å². The molecule has 0 radical (unpaired) electrons. The van der Waals surface area contributed by atoms with Crippen LogP contribution in [-0.4, -0.2) is 70.0 Å². The van der Waals surface area contributed by atoms with Gasteiger partial charge in [-0.25, -0.2) is 0 Å². The lowest BCUT2D eigenvalue weighted by atomic mass is 9.96. The Kier molecular flexibility index (Phi) is 6.83. The van der Waals surface area contributed by atoms with Crippen LogP contribution in [0.1, 0.15) is 0 Å². The van der Waals surface area contributed by atoms with Gasteiger partial charge in [0.15, 0.2) is 11.5 Å². The lowest BCUT2D eigenvalue weighted by molar-refractivity contribution is -0.277. The maximum absolute atomic E-state index is 10.9. The highest BCUT2D eigenvalue weighted by Gasteiger charge is 2.45. The number of hydrogen-bond donors (Lipinski definition) is 5. The summed E-state index contributed by atoms with van der Waals surface area (Å²) >= 11 is 0. The summed E-state index contributed by atoms with van der Waals surface area (Å²) in [5.41, 5.74) is 2.20. The Hall–Kier alpha value is -3.14. The lowest BCUT2D eigenvalue weighted by Gasteiger charge is -2.40. The molecule has 1 aliphatic heterocycles. The highest BCUT2D eigenvalue weighted by atomic mass is 16.7. The summed E-state index contributed by atoms with van der Waals surface area (Å²) in [4.78, 5) is 0. The summed E-state index contributed by atoms with van der Waals surface area (Å²) in [6.07, 6.45) is -7.28. The van der Waals surface area contributed by atoms with Gasteiger partial charge in [-0.1, -0.05) is 60.7 Å². The minimum absolute atomic E-state index is 0.0435. The van der Waals surface area contributed by atoms with Gasteiger partial charge in [0.1, 0.15) is 30.2 Å². The first-order valence-electron chi connectivity index (χ1n) is 10.5. The molecule has 174 valence electrons. The van der Waals surface area contributed by atoms with E-state index >= 15 is 0 Å². The smallest absolute Gasteiger partial charge is 0.229 e. The Balaban J connectivity index is 1.88. The van der Waals surface area contributed by atoms with Gasteiger partial charge < -0.3 is 39.7 Å². The van der Waals surface area contributed by atoms with Crippen LogP contribution in [0.2, 0.25) is 0 Å². The van der Waals surface area contributed by atoms with Crippen LogP contribution >= 0.6 is 0 Å². The zero-order valence-corrected chi connectivity index (χ0v) is 17.9. The minimum atomic E-state index is -1.61. The van der Waals surface area contributed by atoms with E-state index in [0.29, 0.717) is 22.3 Å². The van der Waals surface area contributed by atoms with Crippen LogP contribution in [0.4, 0.5) is 0 Å². The number of phenols is 1. The molecule has 0 unspecified atom stereocenters. The van der Waals surface area contributed by atoms with Gasteiger partial charge in [-0.15, -0.1) is 0 Å². The number of hydrogen-bond acceptors (Lipinski definition) is 8. The first-order valence-corrected chi connectivity index (χ1v) is 10.5. The molecule has 0 saturated carbocycles. The van der Waals surface area contributed by atoms with Crippen LogP contribution in [-0.2, 0) is 4.74 Å². The van der Waals surface area contributed by atoms with Gasteiger partial charge in [-0.3, -0.25) is 0 Å². The molecule has 3 aromatic carbocycles. The number of aliphatic hydroxyl groups excluding tert-OH is 4. The number of phenolic OH excluding ortho intramolecular Hbond substituents is 1. The van der Waals surface area contributed by atoms with Crippen molar-refractivity contribution in [1.82, 2.24) is 0 Å². The average Bonchev–Trinajstić information content (AvgIpc) is 2.85. The number of rotatable bonds is 6. The van der Waals surface area contributed by atoms with Crippen molar-refractivity contribution in [2.45, 2.75) is 30.7 Å². The second kappa shape index (κ2) is 9.78. The minimum Gasteiger partial charge on any atom is -0.507 e. The molecule has 1 saturated heterocycles. The van der Waals surface area contributed by atoms with Crippen LogP contribution in [0.25, 0.3) is 22.3 Å². The Labute approximate surface area is 190 Å². The van der Waals surface area contributed by atoms with Crippen LogP contribution in [0.5, 0.6) is 17.2 Å². The zero-order valence-electron chi connectivity index (χ0n) is 17.9. The van der Waals surface area contributed by atoms with E-state index in [4.69, 9.17) is 14.2 Å². The van der Waals surface area contributed by atoms with Crippen LogP contribution in [0.3, 0.4) is 0 Å². The quantitative estimate of drug-likeness (QED) is 0.382. The number of aromatic hydroxyl groups is 1. The predicted octanol–water partition coefficient (Wildman–Crippen LogP) is 1.91. The number of benzene rings is 3. The third kappa shape index (κ3) is 4.39. The highest BCUT2D eigenvalue weighted by Crippen LogP contribution is 2.50. The second-order valence-electron chi connectivity index (χ2n) is 7.73. The molecule has 4 rings (SSSR count). The van der Waals surface area contributed by atoms with Crippen molar-refractivity contribution < 1.29 is 39.7 Å². The van der Waals surface area contributed by atoms with Crippen molar-refractivity contribution in [3.05, 3.63) is 66.7 Å². The summed E-state index contributed by atoms with van der Waals surface area (Å²) in [5, 5.41) is 51.3. The fourth-order valence-electron chi connectivity index (χ4n) is 3.94. The molecule has 0 amide bonds. The maximum Gasteiger partial charge on any atom is 0.229 e. The van der Waals surface area contributed by atoms with Crippen LogP contribution < -0.4 is 9.47 Å². The first kappa shape index (κ1) is 23.0. The van der Waals surface area contributed by atoms with E-state index in [0.717, 1.165) is 0 Å². The second-order valence-corrected chi connectivity index (χ2v) is 7.73. The Morgan fingerprint density at radius 3 is 2.00 bits per heavy atom. The standard InChI is InChI=1S/C25H26O8/c1-31-24-19(15-10-6-3-7-11-15)17(27)12-16(14-8-4-2-5-9-14)23(24)33-25-22(30)21(29)20(28)18(13-26)32-25/h2-12,18,20-22,25-30H,13H2,1H3/t18-,20-,21+,22-,25+/m1/s1. The largest absolute Gasteiger partial charge is 0.507 e. The van der Waals surface area contributed by atoms with E-state index in [1.54, 1.807) is 12.1 Å². The molecule has 0 spiro atoms. The lowest BCUT2D eigenvalue weighted by Crippen LogP contribution is -2.60. The summed E-state index contributed by atoms with van der Waals surface area (Å²) in [6.45, 7) is -0.585. The number of methoxy groups -OCH3 is 1. The van der Waals surface area contributed by atoms with Gasteiger partial charge in [-0.05, 0) is 17.2 Å². The third-order valence-corrected chi connectivity index (χ3v) is 5.65. The molecule has 5 N–H and O–H groups in total. The van der Waals surface area contributed by atoms with Crippen LogP contribution in [0, 0.1) is 0 Å². The number of aliphatic hydroxyl groups is 4. The number of ether oxygens (including phenoxy) is 3. The van der Waals surface area contributed by atoms with Crippen molar-refractivity contribution in [2.75, 3.05) is 13.7 Å². The Bertz CT molecular complexity index is 1070. The molecule has 8 nitrogen and oxygen atoms in total. The van der Waals surface area contributed by atoms with Crippen LogP contribution in [0.15, 0.2) is 66.7 Å². The maximum atomic E-state index is 10.9. The van der Waals surface area contributed by atoms with E-state index in [1.807, 2.05) is 48.5 Å². The molecule has 33 heavy (non-hydrogen) atoms. The Morgan fingerprint density at radius 1 is 0.818 bits per heavy atom. The molecule has 0 bridgehead atoms. The van der Waals surface area contributed by atoms with Crippen molar-refractivity contribution in [3.63, 3.8) is 0 Å². The molecule has 3 aromatic rings. The summed E-state index contributed by atoms with van der Waals surface area (Å²) in [6, 6.07) is 19.7. The zero-order chi connectivity index (χ0) is 23.5. The van der Waals surface area contributed by atoms with Gasteiger partial charge in [0.25, 0.3) is 0 Å². The van der Waals surface area contributed by atoms with E-state index in [9.17, 15) is 25.5 Å². The van der Waals surface area contributed by atoms with Gasteiger partial charge in [0.2, 0.25) is 6.29 Å². The normalized spacial score (nSPS) is 24.9. The average molecular weight is 454 g/mol. The van der Waals surface area contributed by atoms with E-state index in [-0.39, 0.29) is 17.2 Å². The summed E-state index contributed by atoms with van der Waals surface area (Å²) in [5.74, 6) is 0.305. The van der Waals surface area contributed by atoms with E-state index in [1.165, 1.54) is 13.2 Å². The molecule has 1 fully saturated rings. The molecule has 0 aromatic heterocycles. The molecule has 0 aliphatic carbocycles. The van der Waals surface area contributed by atoms with Gasteiger partial charge >= 0.3 is 0 Å². The van der Waals surface area contributed by atoms with Crippen molar-refractivity contribution >= 4 is 0 Å². The van der Waals surface area contributed by atoms with Gasteiger partial charge in [0, 0.05) is 5.56 Å². The third-order valence-electron chi connectivity index (χ3n) is 5.65. The first-order chi connectivity index (χ1) is 16.0. The fourth-order valence-corrected chi connectivity index (χ4v) is 3.94. The fraction of sp³-hybridized carbons (Fsp3) is 0.280. The molecular weight excluding hydrogens is 428 g/mol. The topological polar surface area (TPSA) is 129 Å². The molecule has 1 aliphatic rings. The molecule has 5 atom stereocenters. The summed E-state index contributed by atoms with van der Waals surface area (Å²) < 4.78 is 17.3. The van der Waals surface area contributed by atoms with E-state index < -0.39 is 37.3 Å². The predicted molar refractivity (Wildman–Crippen MR) is 120 cm³/mol.